The van der Waals surface area contributed by atoms with E-state index < -0.39 is 30.6 Å². The van der Waals surface area contributed by atoms with Gasteiger partial charge in [0.2, 0.25) is 5.95 Å². The Bertz CT molecular complexity index is 1260. The molecule has 1 amide bonds. The number of hydroxylamine groups is 1. The number of anilines is 4. The molecular formula is C23H26F3N6O3P. The fourth-order valence-corrected chi connectivity index (χ4v) is 4.13. The second-order valence-electron chi connectivity index (χ2n) is 8.64. The zero-order chi connectivity index (χ0) is 26.5. The van der Waals surface area contributed by atoms with Crippen LogP contribution in [0.2, 0.25) is 0 Å². The molecule has 3 aromatic rings. The van der Waals surface area contributed by atoms with Crippen LogP contribution in [-0.4, -0.2) is 40.8 Å². The first-order valence-electron chi connectivity index (χ1n) is 10.9. The quantitative estimate of drug-likeness (QED) is 0.267. The van der Waals surface area contributed by atoms with E-state index in [-0.39, 0.29) is 28.9 Å². The number of aromatic nitrogens is 3. The third kappa shape index (κ3) is 7.25. The molecule has 0 saturated heterocycles. The molecule has 9 nitrogen and oxygen atoms in total. The van der Waals surface area contributed by atoms with Gasteiger partial charge in [-0.05, 0) is 43.5 Å². The molecule has 0 radical (unpaired) electrons. The van der Waals surface area contributed by atoms with Crippen molar-refractivity contribution in [3.63, 3.8) is 0 Å². The van der Waals surface area contributed by atoms with Crippen LogP contribution < -0.4 is 21.4 Å². The highest BCUT2D eigenvalue weighted by Gasteiger charge is 2.35. The van der Waals surface area contributed by atoms with Crippen molar-refractivity contribution in [1.82, 2.24) is 20.4 Å². The van der Waals surface area contributed by atoms with Crippen molar-refractivity contribution in [2.24, 2.45) is 5.92 Å². The summed E-state index contributed by atoms with van der Waals surface area (Å²) in [5, 5.41) is 5.77. The first-order valence-corrected chi connectivity index (χ1v) is 13.5. The highest BCUT2D eigenvalue weighted by molar-refractivity contribution is 7.70. The minimum absolute atomic E-state index is 0.163. The summed E-state index contributed by atoms with van der Waals surface area (Å²) in [6, 6.07) is 9.30. The molecule has 0 aliphatic heterocycles. The lowest BCUT2D eigenvalue weighted by Gasteiger charge is -2.18. The number of carbonyl (C=O) groups is 1. The standard InChI is InChI=1S/C23H26F3N6O3P/c1-14(2)13-35-32-21(33)15-9-10-19(27-11-15)30-22-28-12-16(23(24,25)26)20(31-22)29-17-7-5-6-8-18(17)36(3,4)34/h5-12,14H,13H2,1-4H3,(H,32,33)(H2,27,28,29,30,31). The maximum Gasteiger partial charge on any atom is 0.421 e. The topological polar surface area (TPSA) is 118 Å². The first-order chi connectivity index (χ1) is 16.8. The summed E-state index contributed by atoms with van der Waals surface area (Å²) in [4.78, 5) is 29.0. The van der Waals surface area contributed by atoms with Crippen LogP contribution in [0, 0.1) is 5.92 Å². The molecule has 0 aliphatic rings. The van der Waals surface area contributed by atoms with Gasteiger partial charge in [0.1, 0.15) is 24.3 Å². The Kier molecular flexibility index (Phi) is 8.31. The van der Waals surface area contributed by atoms with Gasteiger partial charge >= 0.3 is 6.18 Å². The summed E-state index contributed by atoms with van der Waals surface area (Å²) >= 11 is 0. The molecule has 1 aromatic carbocycles. The van der Waals surface area contributed by atoms with Crippen LogP contribution in [0.4, 0.5) is 36.4 Å². The number of nitrogens with zero attached hydrogens (tertiary/aromatic N) is 3. The van der Waals surface area contributed by atoms with Crippen molar-refractivity contribution in [1.29, 1.82) is 0 Å². The number of nitrogens with one attached hydrogen (secondary N) is 3. The molecule has 2 heterocycles. The Labute approximate surface area is 206 Å². The second kappa shape index (κ2) is 11.0. The number of alkyl halides is 3. The number of hydrogen-bond donors (Lipinski definition) is 3. The summed E-state index contributed by atoms with van der Waals surface area (Å²) in [6.45, 7) is 7.26. The van der Waals surface area contributed by atoms with Crippen LogP contribution >= 0.6 is 7.14 Å². The number of benzene rings is 1. The van der Waals surface area contributed by atoms with Gasteiger partial charge in [0, 0.05) is 17.7 Å². The number of hydrogen-bond acceptors (Lipinski definition) is 8. The molecule has 0 saturated carbocycles. The van der Waals surface area contributed by atoms with E-state index in [1.54, 1.807) is 18.2 Å². The maximum absolute atomic E-state index is 13.6. The van der Waals surface area contributed by atoms with E-state index in [1.807, 2.05) is 13.8 Å². The van der Waals surface area contributed by atoms with E-state index in [9.17, 15) is 22.5 Å². The molecule has 0 unspecified atom stereocenters. The zero-order valence-electron chi connectivity index (χ0n) is 20.1. The van der Waals surface area contributed by atoms with Gasteiger partial charge in [-0.25, -0.2) is 15.4 Å². The van der Waals surface area contributed by atoms with Gasteiger partial charge in [-0.2, -0.15) is 18.2 Å². The Morgan fingerprint density at radius 3 is 2.39 bits per heavy atom. The number of para-hydroxylation sites is 1. The van der Waals surface area contributed by atoms with E-state index in [2.05, 4.69) is 31.1 Å². The molecule has 13 heteroatoms. The van der Waals surface area contributed by atoms with Gasteiger partial charge in [0.15, 0.2) is 0 Å². The number of halogens is 3. The van der Waals surface area contributed by atoms with Gasteiger partial charge in [0.05, 0.1) is 17.9 Å². The molecule has 0 spiro atoms. The van der Waals surface area contributed by atoms with Gasteiger partial charge in [-0.1, -0.05) is 26.0 Å². The summed E-state index contributed by atoms with van der Waals surface area (Å²) in [5.74, 6) is -0.731. The van der Waals surface area contributed by atoms with Crippen molar-refractivity contribution in [3.05, 3.63) is 59.9 Å². The van der Waals surface area contributed by atoms with Crippen LogP contribution in [-0.2, 0) is 15.6 Å². The van der Waals surface area contributed by atoms with E-state index >= 15 is 0 Å². The van der Waals surface area contributed by atoms with Crippen LogP contribution in [0.1, 0.15) is 29.8 Å². The summed E-state index contributed by atoms with van der Waals surface area (Å²) in [6.07, 6.45) is -2.82. The zero-order valence-corrected chi connectivity index (χ0v) is 20.9. The maximum atomic E-state index is 13.6. The molecule has 2 aromatic heterocycles. The van der Waals surface area contributed by atoms with Crippen molar-refractivity contribution >= 4 is 41.6 Å². The predicted octanol–water partition coefficient (Wildman–Crippen LogP) is 4.94. The molecule has 0 aliphatic carbocycles. The van der Waals surface area contributed by atoms with Crippen molar-refractivity contribution in [3.8, 4) is 0 Å². The van der Waals surface area contributed by atoms with Crippen LogP contribution in [0.3, 0.4) is 0 Å². The minimum atomic E-state index is -4.73. The average Bonchev–Trinajstić information content (AvgIpc) is 2.78. The number of pyridine rings is 1. The van der Waals surface area contributed by atoms with Gasteiger partial charge in [0.25, 0.3) is 5.91 Å². The predicted molar refractivity (Wildman–Crippen MR) is 132 cm³/mol. The molecule has 3 rings (SSSR count). The Hall–Kier alpha value is -3.50. The highest BCUT2D eigenvalue weighted by Crippen LogP contribution is 2.40. The van der Waals surface area contributed by atoms with Crippen LogP contribution in [0.15, 0.2) is 48.8 Å². The highest BCUT2D eigenvalue weighted by atomic mass is 31.2. The van der Waals surface area contributed by atoms with Crippen LogP contribution in [0.5, 0.6) is 0 Å². The van der Waals surface area contributed by atoms with Gasteiger partial charge in [-0.3, -0.25) is 9.63 Å². The largest absolute Gasteiger partial charge is 0.421 e. The smallest absolute Gasteiger partial charge is 0.339 e. The van der Waals surface area contributed by atoms with Crippen LogP contribution in [0.25, 0.3) is 0 Å². The molecule has 0 bridgehead atoms. The lowest BCUT2D eigenvalue weighted by atomic mass is 10.2. The Morgan fingerprint density at radius 2 is 1.78 bits per heavy atom. The summed E-state index contributed by atoms with van der Waals surface area (Å²) < 4.78 is 53.6. The van der Waals surface area contributed by atoms with Crippen molar-refractivity contribution in [2.45, 2.75) is 20.0 Å². The monoisotopic (exact) mass is 522 g/mol. The first kappa shape index (κ1) is 27.1. The molecule has 0 fully saturated rings. The summed E-state index contributed by atoms with van der Waals surface area (Å²) in [5.41, 5.74) is 1.68. The van der Waals surface area contributed by atoms with E-state index in [4.69, 9.17) is 4.84 Å². The summed E-state index contributed by atoms with van der Waals surface area (Å²) in [7, 11) is -2.79. The number of rotatable bonds is 9. The van der Waals surface area contributed by atoms with E-state index in [0.717, 1.165) is 0 Å². The molecule has 36 heavy (non-hydrogen) atoms. The lowest BCUT2D eigenvalue weighted by molar-refractivity contribution is -0.137. The Morgan fingerprint density at radius 1 is 1.06 bits per heavy atom. The average molecular weight is 522 g/mol. The third-order valence-electron chi connectivity index (χ3n) is 4.68. The van der Waals surface area contributed by atoms with Gasteiger partial charge < -0.3 is 15.2 Å². The SMILES string of the molecule is CC(C)CONC(=O)c1ccc(Nc2ncc(C(F)(F)F)c(Nc3ccccc3P(C)(C)=O)n2)nc1. The molecular weight excluding hydrogens is 496 g/mol. The Balaban J connectivity index is 1.83. The molecule has 0 atom stereocenters. The van der Waals surface area contributed by atoms with Gasteiger partial charge in [-0.15, -0.1) is 0 Å². The number of carbonyl (C=O) groups excluding carboxylic acids is 1. The molecule has 3 N–H and O–H groups in total. The van der Waals surface area contributed by atoms with Crippen molar-refractivity contribution in [2.75, 3.05) is 30.6 Å². The lowest BCUT2D eigenvalue weighted by Crippen LogP contribution is -2.25. The normalized spacial score (nSPS) is 11.9. The molecule has 192 valence electrons. The third-order valence-corrected chi connectivity index (χ3v) is 6.23. The number of amides is 1. The fraction of sp³-hybridized carbons (Fsp3) is 0.304. The van der Waals surface area contributed by atoms with E-state index in [1.165, 1.54) is 37.7 Å². The minimum Gasteiger partial charge on any atom is -0.339 e. The van der Waals surface area contributed by atoms with E-state index in [0.29, 0.717) is 18.1 Å². The fourth-order valence-electron chi connectivity index (χ4n) is 2.97. The second-order valence-corrected chi connectivity index (χ2v) is 11.8. The van der Waals surface area contributed by atoms with Crippen molar-refractivity contribution < 1.29 is 27.4 Å².